The maximum Gasteiger partial charge on any atom is 0.269 e. The van der Waals surface area contributed by atoms with Crippen LogP contribution in [0.3, 0.4) is 0 Å². The van der Waals surface area contributed by atoms with Gasteiger partial charge in [0.25, 0.3) is 5.69 Å². The maximum atomic E-state index is 13.3. The molecule has 0 spiro atoms. The van der Waals surface area contributed by atoms with Crippen molar-refractivity contribution in [2.24, 2.45) is 11.8 Å². The number of hydrogen-bond donors (Lipinski definition) is 5. The van der Waals surface area contributed by atoms with Crippen LogP contribution in [0.4, 0.5) is 5.69 Å². The predicted molar refractivity (Wildman–Crippen MR) is 184 cm³/mol. The second-order valence-electron chi connectivity index (χ2n) is 13.3. The number of nitrogens with zero attached hydrogens (tertiary/aromatic N) is 1. The number of carbonyl (C=O) groups excluding carboxylic acids is 4. The smallest absolute Gasteiger partial charge is 0.269 e. The zero-order chi connectivity index (χ0) is 35.2. The standard InChI is InChI=1S/C35H59N5O7/c1-6-7-8-9-10-11-12-13-14-15-19-36-32(42)18-20-37-34(44)29(21-25(2)3)39-35(45)30(22-26(4)5)38-33(43)24-27-23-28(40(46)47)16-17-31(27)41/h16-17,23,25-26,29-30,41H,6-15,18-22,24H2,1-5H3,(H,36,42)(H,37,44)(H,38,43)(H,39,45)/t29-,30-/m0/s1. The molecule has 0 fully saturated rings. The molecular weight excluding hydrogens is 602 g/mol. The maximum absolute atomic E-state index is 13.3. The van der Waals surface area contributed by atoms with Gasteiger partial charge >= 0.3 is 0 Å². The summed E-state index contributed by atoms with van der Waals surface area (Å²) in [5.74, 6) is -1.86. The summed E-state index contributed by atoms with van der Waals surface area (Å²) in [6.45, 7) is 10.6. The largest absolute Gasteiger partial charge is 0.508 e. The number of rotatable bonds is 25. The van der Waals surface area contributed by atoms with Gasteiger partial charge in [-0.3, -0.25) is 29.3 Å². The molecule has 12 nitrogen and oxygen atoms in total. The molecule has 0 bridgehead atoms. The monoisotopic (exact) mass is 661 g/mol. The van der Waals surface area contributed by atoms with Crippen LogP contribution < -0.4 is 21.3 Å². The first-order chi connectivity index (χ1) is 22.3. The van der Waals surface area contributed by atoms with E-state index in [0.29, 0.717) is 13.0 Å². The van der Waals surface area contributed by atoms with Gasteiger partial charge in [0, 0.05) is 37.2 Å². The Morgan fingerprint density at radius 2 is 1.30 bits per heavy atom. The molecule has 2 atom stereocenters. The van der Waals surface area contributed by atoms with Crippen molar-refractivity contribution in [3.63, 3.8) is 0 Å². The van der Waals surface area contributed by atoms with E-state index in [1.165, 1.54) is 51.4 Å². The van der Waals surface area contributed by atoms with E-state index in [4.69, 9.17) is 0 Å². The van der Waals surface area contributed by atoms with E-state index in [-0.39, 0.29) is 60.6 Å². The number of aromatic hydroxyl groups is 1. The number of nitro groups is 1. The molecule has 0 saturated heterocycles. The van der Waals surface area contributed by atoms with Crippen molar-refractivity contribution in [2.75, 3.05) is 13.1 Å². The fourth-order valence-electron chi connectivity index (χ4n) is 5.27. The van der Waals surface area contributed by atoms with Crippen LogP contribution in [0.2, 0.25) is 0 Å². The van der Waals surface area contributed by atoms with Gasteiger partial charge in [-0.2, -0.15) is 0 Å². The van der Waals surface area contributed by atoms with Crippen LogP contribution in [0.25, 0.3) is 0 Å². The summed E-state index contributed by atoms with van der Waals surface area (Å²) >= 11 is 0. The fraction of sp³-hybridized carbons (Fsp3) is 0.714. The van der Waals surface area contributed by atoms with Gasteiger partial charge in [-0.05, 0) is 37.2 Å². The molecule has 1 aromatic carbocycles. The molecule has 0 heterocycles. The number of amides is 4. The van der Waals surface area contributed by atoms with Crippen molar-refractivity contribution in [2.45, 2.75) is 137 Å². The Morgan fingerprint density at radius 1 is 0.745 bits per heavy atom. The first kappa shape index (κ1) is 41.3. The molecule has 0 radical (unpaired) electrons. The lowest BCUT2D eigenvalue weighted by atomic mass is 9.99. The van der Waals surface area contributed by atoms with Crippen molar-refractivity contribution in [1.29, 1.82) is 0 Å². The Hall–Kier alpha value is -3.70. The Bertz CT molecular complexity index is 1130. The fourth-order valence-corrected chi connectivity index (χ4v) is 5.27. The Morgan fingerprint density at radius 3 is 1.85 bits per heavy atom. The van der Waals surface area contributed by atoms with Gasteiger partial charge < -0.3 is 26.4 Å². The highest BCUT2D eigenvalue weighted by Crippen LogP contribution is 2.23. The number of nitrogens with one attached hydrogen (secondary N) is 4. The molecule has 0 unspecified atom stereocenters. The van der Waals surface area contributed by atoms with E-state index in [1.807, 2.05) is 27.7 Å². The molecule has 0 aromatic heterocycles. The Labute approximate surface area is 280 Å². The van der Waals surface area contributed by atoms with E-state index in [1.54, 1.807) is 0 Å². The Kier molecular flexibility index (Phi) is 20.7. The highest BCUT2D eigenvalue weighted by molar-refractivity contribution is 5.92. The molecule has 0 aliphatic heterocycles. The zero-order valence-corrected chi connectivity index (χ0v) is 29.2. The average Bonchev–Trinajstić information content (AvgIpc) is 2.99. The summed E-state index contributed by atoms with van der Waals surface area (Å²) < 4.78 is 0. The second kappa shape index (κ2) is 23.6. The van der Waals surface area contributed by atoms with E-state index in [0.717, 1.165) is 31.0 Å². The molecule has 5 N–H and O–H groups in total. The summed E-state index contributed by atoms with van der Waals surface area (Å²) in [6.07, 6.45) is 12.6. The van der Waals surface area contributed by atoms with Crippen LogP contribution in [0.15, 0.2) is 18.2 Å². The molecule has 266 valence electrons. The van der Waals surface area contributed by atoms with E-state index in [9.17, 15) is 34.4 Å². The zero-order valence-electron chi connectivity index (χ0n) is 29.2. The average molecular weight is 662 g/mol. The van der Waals surface area contributed by atoms with Gasteiger partial charge in [-0.1, -0.05) is 92.4 Å². The highest BCUT2D eigenvalue weighted by Gasteiger charge is 2.28. The lowest BCUT2D eigenvalue weighted by Gasteiger charge is -2.25. The summed E-state index contributed by atoms with van der Waals surface area (Å²) in [5, 5.41) is 32.3. The normalized spacial score (nSPS) is 12.4. The third kappa shape index (κ3) is 18.9. The van der Waals surface area contributed by atoms with Crippen molar-refractivity contribution in [3.05, 3.63) is 33.9 Å². The van der Waals surface area contributed by atoms with Crippen LogP contribution >= 0.6 is 0 Å². The van der Waals surface area contributed by atoms with E-state index < -0.39 is 34.7 Å². The number of phenols is 1. The van der Waals surface area contributed by atoms with Gasteiger partial charge in [0.05, 0.1) is 11.3 Å². The summed E-state index contributed by atoms with van der Waals surface area (Å²) in [4.78, 5) is 62.0. The third-order valence-corrected chi connectivity index (χ3v) is 7.83. The van der Waals surface area contributed by atoms with Crippen LogP contribution in [0, 0.1) is 22.0 Å². The molecule has 12 heteroatoms. The summed E-state index contributed by atoms with van der Waals surface area (Å²) in [5.41, 5.74) is -0.207. The van der Waals surface area contributed by atoms with Crippen molar-refractivity contribution in [3.8, 4) is 5.75 Å². The predicted octanol–water partition coefficient (Wildman–Crippen LogP) is 5.45. The van der Waals surface area contributed by atoms with Crippen LogP contribution in [0.5, 0.6) is 5.75 Å². The molecule has 4 amide bonds. The van der Waals surface area contributed by atoms with Gasteiger partial charge in [-0.15, -0.1) is 0 Å². The molecule has 0 aliphatic rings. The minimum absolute atomic E-state index is 0.0217. The van der Waals surface area contributed by atoms with E-state index >= 15 is 0 Å². The van der Waals surface area contributed by atoms with Gasteiger partial charge in [0.1, 0.15) is 17.8 Å². The quantitative estimate of drug-likeness (QED) is 0.0525. The lowest BCUT2D eigenvalue weighted by Crippen LogP contribution is -2.54. The van der Waals surface area contributed by atoms with Crippen LogP contribution in [0.1, 0.15) is 124 Å². The highest BCUT2D eigenvalue weighted by atomic mass is 16.6. The number of nitro benzene ring substituents is 1. The molecule has 0 saturated carbocycles. The van der Waals surface area contributed by atoms with Crippen LogP contribution in [-0.4, -0.2) is 58.8 Å². The lowest BCUT2D eigenvalue weighted by molar-refractivity contribution is -0.384. The number of phenolic OH excluding ortho intramolecular Hbond substituents is 1. The minimum atomic E-state index is -0.970. The van der Waals surface area contributed by atoms with Crippen molar-refractivity contribution < 1.29 is 29.2 Å². The second-order valence-corrected chi connectivity index (χ2v) is 13.3. The number of benzene rings is 1. The molecule has 1 rings (SSSR count). The van der Waals surface area contributed by atoms with Gasteiger partial charge in [0.2, 0.25) is 23.6 Å². The molecular formula is C35H59N5O7. The van der Waals surface area contributed by atoms with Crippen molar-refractivity contribution in [1.82, 2.24) is 21.3 Å². The van der Waals surface area contributed by atoms with Gasteiger partial charge in [-0.25, -0.2) is 0 Å². The van der Waals surface area contributed by atoms with E-state index in [2.05, 4.69) is 28.2 Å². The SMILES string of the molecule is CCCCCCCCCCCCNC(=O)CCNC(=O)[C@H](CC(C)C)NC(=O)[C@H](CC(C)C)NC(=O)Cc1cc([N+](=O)[O-])ccc1O. The molecule has 47 heavy (non-hydrogen) atoms. The summed E-state index contributed by atoms with van der Waals surface area (Å²) in [7, 11) is 0. The number of non-ortho nitro benzene ring substituents is 1. The van der Waals surface area contributed by atoms with Crippen molar-refractivity contribution >= 4 is 29.3 Å². The topological polar surface area (TPSA) is 180 Å². The third-order valence-electron chi connectivity index (χ3n) is 7.83. The first-order valence-electron chi connectivity index (χ1n) is 17.4. The van der Waals surface area contributed by atoms with Crippen LogP contribution in [-0.2, 0) is 25.6 Å². The molecule has 0 aliphatic carbocycles. The molecule has 1 aromatic rings. The minimum Gasteiger partial charge on any atom is -0.508 e. The summed E-state index contributed by atoms with van der Waals surface area (Å²) in [6, 6.07) is 1.56. The number of unbranched alkanes of at least 4 members (excludes halogenated alkanes) is 9. The van der Waals surface area contributed by atoms with Gasteiger partial charge in [0.15, 0.2) is 0 Å². The first-order valence-corrected chi connectivity index (χ1v) is 17.4. The Balaban J connectivity index is 2.57. The number of hydrogen-bond acceptors (Lipinski definition) is 7. The number of carbonyl (C=O) groups is 4.